The van der Waals surface area contributed by atoms with Crippen LogP contribution in [0.4, 0.5) is 11.4 Å². The summed E-state index contributed by atoms with van der Waals surface area (Å²) in [6.07, 6.45) is 4.14. The van der Waals surface area contributed by atoms with E-state index in [2.05, 4.69) is 11.4 Å². The molecule has 1 saturated carbocycles. The van der Waals surface area contributed by atoms with Crippen molar-refractivity contribution in [3.05, 3.63) is 58.7 Å². The van der Waals surface area contributed by atoms with Gasteiger partial charge >= 0.3 is 0 Å². The Kier molecular flexibility index (Phi) is 7.05. The van der Waals surface area contributed by atoms with Crippen molar-refractivity contribution in [3.8, 4) is 0 Å². The lowest BCUT2D eigenvalue weighted by atomic mass is 9.77. The first kappa shape index (κ1) is 24.0. The third-order valence-corrected chi connectivity index (χ3v) is 7.25. The highest BCUT2D eigenvalue weighted by molar-refractivity contribution is 6.00. The molecule has 0 radical (unpaired) electrons. The standard InChI is InChI=1S/C28H35N3O3/c1-18-15-19(2)26(20(3)16-18)29-25(32)17-30(4)27(33)22-10-6-7-11-23(22)28(34)31-14-13-21-9-5-8-12-24(21)31/h5,8-9,12,15-16,22-23H,6-7,10-11,13-14,17H2,1-4H3,(H,29,32). The van der Waals surface area contributed by atoms with Crippen LogP contribution in [0.5, 0.6) is 0 Å². The van der Waals surface area contributed by atoms with E-state index < -0.39 is 0 Å². The van der Waals surface area contributed by atoms with Crippen molar-refractivity contribution in [3.63, 3.8) is 0 Å². The molecule has 180 valence electrons. The van der Waals surface area contributed by atoms with E-state index >= 15 is 0 Å². The largest absolute Gasteiger partial charge is 0.336 e. The van der Waals surface area contributed by atoms with Gasteiger partial charge in [0.05, 0.1) is 12.5 Å². The molecule has 34 heavy (non-hydrogen) atoms. The van der Waals surface area contributed by atoms with Crippen LogP contribution in [-0.2, 0) is 20.8 Å². The number of nitrogens with one attached hydrogen (secondary N) is 1. The Morgan fingerprint density at radius 2 is 1.65 bits per heavy atom. The fourth-order valence-corrected chi connectivity index (χ4v) is 5.62. The van der Waals surface area contributed by atoms with Crippen LogP contribution in [0.2, 0.25) is 0 Å². The van der Waals surface area contributed by atoms with Crippen molar-refractivity contribution < 1.29 is 14.4 Å². The monoisotopic (exact) mass is 461 g/mol. The Morgan fingerprint density at radius 1 is 1.00 bits per heavy atom. The SMILES string of the molecule is Cc1cc(C)c(NC(=O)CN(C)C(=O)C2CCCCC2C(=O)N2CCc3ccccc32)c(C)c1. The van der Waals surface area contributed by atoms with E-state index in [-0.39, 0.29) is 36.1 Å². The summed E-state index contributed by atoms with van der Waals surface area (Å²) in [7, 11) is 1.66. The number of hydrogen-bond acceptors (Lipinski definition) is 3. The van der Waals surface area contributed by atoms with E-state index in [4.69, 9.17) is 0 Å². The second-order valence-electron chi connectivity index (χ2n) is 9.88. The van der Waals surface area contributed by atoms with E-state index in [0.717, 1.165) is 53.7 Å². The topological polar surface area (TPSA) is 69.7 Å². The predicted molar refractivity (Wildman–Crippen MR) is 135 cm³/mol. The lowest BCUT2D eigenvalue weighted by Crippen LogP contribution is -2.47. The van der Waals surface area contributed by atoms with Gasteiger partial charge in [0.1, 0.15) is 0 Å². The molecule has 2 aromatic rings. The first-order valence-electron chi connectivity index (χ1n) is 12.3. The highest BCUT2D eigenvalue weighted by atomic mass is 16.2. The van der Waals surface area contributed by atoms with Crippen molar-refractivity contribution >= 4 is 29.1 Å². The van der Waals surface area contributed by atoms with Crippen molar-refractivity contribution in [1.82, 2.24) is 4.90 Å². The van der Waals surface area contributed by atoms with E-state index in [1.807, 2.05) is 56.0 Å². The Labute approximate surface area is 202 Å². The van der Waals surface area contributed by atoms with Crippen molar-refractivity contribution in [1.29, 1.82) is 0 Å². The summed E-state index contributed by atoms with van der Waals surface area (Å²) in [5, 5.41) is 2.98. The average molecular weight is 462 g/mol. The minimum Gasteiger partial charge on any atom is -0.336 e. The maximum atomic E-state index is 13.5. The minimum absolute atomic E-state index is 0.0322. The number of carbonyl (C=O) groups is 3. The zero-order chi connectivity index (χ0) is 24.4. The highest BCUT2D eigenvalue weighted by Crippen LogP contribution is 2.36. The van der Waals surface area contributed by atoms with Gasteiger partial charge in [0.2, 0.25) is 17.7 Å². The number of aryl methyl sites for hydroxylation is 3. The van der Waals surface area contributed by atoms with Gasteiger partial charge in [0.15, 0.2) is 0 Å². The summed E-state index contributed by atoms with van der Waals surface area (Å²) >= 11 is 0. The van der Waals surface area contributed by atoms with Gasteiger partial charge in [0, 0.05) is 30.9 Å². The number of anilines is 2. The molecule has 3 amide bonds. The van der Waals surface area contributed by atoms with E-state index in [0.29, 0.717) is 13.0 Å². The lowest BCUT2D eigenvalue weighted by molar-refractivity contribution is -0.143. The molecule has 2 aromatic carbocycles. The maximum absolute atomic E-state index is 13.5. The highest BCUT2D eigenvalue weighted by Gasteiger charge is 2.40. The number of carbonyl (C=O) groups excluding carboxylic acids is 3. The lowest BCUT2D eigenvalue weighted by Gasteiger charge is -2.34. The molecule has 2 atom stereocenters. The van der Waals surface area contributed by atoms with Crippen molar-refractivity contribution in [2.24, 2.45) is 11.8 Å². The molecule has 2 aliphatic rings. The number of hydrogen-bond donors (Lipinski definition) is 1. The average Bonchev–Trinajstić information content (AvgIpc) is 3.24. The molecule has 4 rings (SSSR count). The van der Waals surface area contributed by atoms with Gasteiger partial charge in [-0.05, 0) is 62.8 Å². The molecule has 0 saturated heterocycles. The number of fused-ring (bicyclic) bond motifs is 1. The van der Waals surface area contributed by atoms with Crippen LogP contribution in [0, 0.1) is 32.6 Å². The smallest absolute Gasteiger partial charge is 0.243 e. The first-order chi connectivity index (χ1) is 16.3. The molecule has 0 bridgehead atoms. The number of rotatable bonds is 5. The maximum Gasteiger partial charge on any atom is 0.243 e. The number of para-hydroxylation sites is 1. The molecular weight excluding hydrogens is 426 g/mol. The number of nitrogens with zero attached hydrogens (tertiary/aromatic N) is 2. The molecular formula is C28H35N3O3. The molecule has 6 nitrogen and oxygen atoms in total. The fourth-order valence-electron chi connectivity index (χ4n) is 5.62. The quantitative estimate of drug-likeness (QED) is 0.717. The Balaban J connectivity index is 1.43. The number of amides is 3. The molecule has 1 aliphatic carbocycles. The van der Waals surface area contributed by atoms with Gasteiger partial charge in [-0.1, -0.05) is 48.7 Å². The van der Waals surface area contributed by atoms with Crippen molar-refractivity contribution in [2.75, 3.05) is 30.4 Å². The van der Waals surface area contributed by atoms with E-state index in [1.165, 1.54) is 10.5 Å². The third-order valence-electron chi connectivity index (χ3n) is 7.25. The van der Waals surface area contributed by atoms with Crippen LogP contribution >= 0.6 is 0 Å². The normalized spacial score (nSPS) is 19.5. The Morgan fingerprint density at radius 3 is 2.35 bits per heavy atom. The second-order valence-corrected chi connectivity index (χ2v) is 9.88. The molecule has 1 fully saturated rings. The summed E-state index contributed by atoms with van der Waals surface area (Å²) < 4.78 is 0. The van der Waals surface area contributed by atoms with Gasteiger partial charge in [-0.3, -0.25) is 14.4 Å². The predicted octanol–water partition coefficient (Wildman–Crippen LogP) is 4.40. The zero-order valence-corrected chi connectivity index (χ0v) is 20.7. The molecule has 2 unspecified atom stereocenters. The van der Waals surface area contributed by atoms with Crippen LogP contribution in [0.3, 0.4) is 0 Å². The summed E-state index contributed by atoms with van der Waals surface area (Å²) in [5.41, 5.74) is 6.11. The molecule has 0 aromatic heterocycles. The number of benzene rings is 2. The van der Waals surface area contributed by atoms with Gasteiger partial charge in [0.25, 0.3) is 0 Å². The summed E-state index contributed by atoms with van der Waals surface area (Å²) in [6.45, 7) is 6.61. The van der Waals surface area contributed by atoms with E-state index in [1.54, 1.807) is 7.05 Å². The fraction of sp³-hybridized carbons (Fsp3) is 0.464. The Hall–Kier alpha value is -3.15. The number of likely N-dealkylation sites (N-methyl/N-ethyl adjacent to an activating group) is 1. The molecule has 0 spiro atoms. The van der Waals surface area contributed by atoms with Crippen LogP contribution in [-0.4, -0.2) is 42.8 Å². The van der Waals surface area contributed by atoms with Crippen LogP contribution < -0.4 is 10.2 Å². The van der Waals surface area contributed by atoms with Gasteiger partial charge < -0.3 is 15.1 Å². The molecule has 6 heteroatoms. The van der Waals surface area contributed by atoms with E-state index in [9.17, 15) is 14.4 Å². The van der Waals surface area contributed by atoms with Crippen LogP contribution in [0.15, 0.2) is 36.4 Å². The minimum atomic E-state index is -0.380. The molecule has 1 aliphatic heterocycles. The van der Waals surface area contributed by atoms with Crippen LogP contribution in [0.25, 0.3) is 0 Å². The van der Waals surface area contributed by atoms with Gasteiger partial charge in [-0.25, -0.2) is 0 Å². The third kappa shape index (κ3) is 4.86. The van der Waals surface area contributed by atoms with Crippen molar-refractivity contribution in [2.45, 2.75) is 52.9 Å². The van der Waals surface area contributed by atoms with Gasteiger partial charge in [-0.15, -0.1) is 0 Å². The first-order valence-corrected chi connectivity index (χ1v) is 12.3. The van der Waals surface area contributed by atoms with Crippen LogP contribution in [0.1, 0.15) is 47.9 Å². The summed E-state index contributed by atoms with van der Waals surface area (Å²) in [6, 6.07) is 12.1. The zero-order valence-electron chi connectivity index (χ0n) is 20.7. The summed E-state index contributed by atoms with van der Waals surface area (Å²) in [5.74, 6) is -1.00. The summed E-state index contributed by atoms with van der Waals surface area (Å²) in [4.78, 5) is 43.1. The Bertz CT molecular complexity index is 1090. The molecule has 1 heterocycles. The second kappa shape index (κ2) is 10.00. The van der Waals surface area contributed by atoms with Gasteiger partial charge in [-0.2, -0.15) is 0 Å². The molecule has 1 N–H and O–H groups in total.